The van der Waals surface area contributed by atoms with Crippen LogP contribution in [0.1, 0.15) is 0 Å². The van der Waals surface area contributed by atoms with Gasteiger partial charge < -0.3 is 9.47 Å². The van der Waals surface area contributed by atoms with Crippen molar-refractivity contribution in [2.45, 2.75) is 0 Å². The molecule has 8 aromatic carbocycles. The summed E-state index contributed by atoms with van der Waals surface area (Å²) in [7, 11) is 3.23. The third kappa shape index (κ3) is 5.82. The minimum Gasteiger partial charge on any atom is -0.497 e. The average Bonchev–Trinajstić information content (AvgIpc) is 3.29. The predicted octanol–water partition coefficient (Wildman–Crippen LogP) is 11.6. The van der Waals surface area contributed by atoms with Crippen molar-refractivity contribution in [2.24, 2.45) is 0 Å². The summed E-state index contributed by atoms with van der Waals surface area (Å²) in [5, 5.41) is 4.97. The van der Waals surface area contributed by atoms with Gasteiger partial charge in [-0.1, -0.05) is 97.1 Å². The largest absolute Gasteiger partial charge is 0.497 e. The third-order valence-electron chi connectivity index (χ3n) is 11.2. The van der Waals surface area contributed by atoms with Gasteiger partial charge in [-0.15, -0.1) is 0 Å². The first-order chi connectivity index (χ1) is 28.5. The van der Waals surface area contributed by atoms with Crippen LogP contribution in [-0.4, -0.2) is 23.4 Å². The Bertz CT molecular complexity index is 3090. The van der Waals surface area contributed by atoms with E-state index < -0.39 is 0 Å². The first-order valence-corrected chi connectivity index (χ1v) is 19.1. The summed E-state index contributed by atoms with van der Waals surface area (Å²) >= 11 is 0. The molecule has 0 aliphatic rings. The lowest BCUT2D eigenvalue weighted by Gasteiger charge is -2.15. The van der Waals surface area contributed by atoms with E-state index in [1.54, 1.807) is 23.4 Å². The van der Waals surface area contributed by atoms with E-state index in [2.05, 4.69) is 72.8 Å². The average molecular weight is 753 g/mol. The fraction of sp³-hybridized carbons (Fsp3) is 0.0385. The monoisotopic (exact) mass is 752 g/mol. The maximum Gasteiger partial charge on any atom is 0.263 e. The fourth-order valence-electron chi connectivity index (χ4n) is 8.21. The van der Waals surface area contributed by atoms with Crippen LogP contribution >= 0.6 is 0 Å². The van der Waals surface area contributed by atoms with E-state index in [1.165, 1.54) is 0 Å². The predicted molar refractivity (Wildman–Crippen MR) is 237 cm³/mol. The van der Waals surface area contributed by atoms with Crippen molar-refractivity contribution in [1.82, 2.24) is 9.13 Å². The van der Waals surface area contributed by atoms with Gasteiger partial charge in [0.2, 0.25) is 0 Å². The lowest BCUT2D eigenvalue weighted by atomic mass is 9.96. The molecule has 0 bridgehead atoms. The van der Waals surface area contributed by atoms with E-state index in [0.29, 0.717) is 22.3 Å². The number of methoxy groups -OCH3 is 2. The van der Waals surface area contributed by atoms with Gasteiger partial charge in [-0.05, 0) is 129 Å². The number of pyridine rings is 2. The number of nitrogens with zero attached hydrogens (tertiary/aromatic N) is 2. The summed E-state index contributed by atoms with van der Waals surface area (Å²) in [5.41, 5.74) is 9.65. The van der Waals surface area contributed by atoms with Gasteiger partial charge >= 0.3 is 0 Å². The number of hydrogen-bond acceptors (Lipinski definition) is 4. The molecule has 0 amide bonds. The van der Waals surface area contributed by atoms with Crippen molar-refractivity contribution in [1.29, 1.82) is 0 Å². The molecule has 10 aromatic rings. The molecule has 0 saturated heterocycles. The number of fused-ring (bicyclic) bond motifs is 6. The number of para-hydroxylation sites is 2. The van der Waals surface area contributed by atoms with Crippen LogP contribution in [0.15, 0.2) is 192 Å². The van der Waals surface area contributed by atoms with E-state index in [0.717, 1.165) is 77.3 Å². The maximum atomic E-state index is 13.9. The molecule has 0 unspecified atom stereocenters. The van der Waals surface area contributed by atoms with Crippen LogP contribution in [0.5, 0.6) is 11.5 Å². The summed E-state index contributed by atoms with van der Waals surface area (Å²) < 4.78 is 14.6. The minimum absolute atomic E-state index is 0.0834. The molecule has 2 heterocycles. The van der Waals surface area contributed by atoms with Crippen molar-refractivity contribution in [3.63, 3.8) is 0 Å². The quantitative estimate of drug-likeness (QED) is 0.152. The Balaban J connectivity index is 1.00. The molecule has 0 saturated carbocycles. The standard InChI is InChI=1S/C52H36N2O4/c1-57-41-23-25-43-45-29-37(21-27-49(45)53(51(55)47(43)31-41)39-9-5-3-6-10-39)35-17-13-33(14-18-35)34-15-19-36(20-16-34)38-22-28-50-46(30-38)44-26-24-42(58-2)32-48(44)52(56)54(50)40-11-7-4-8-12-40/h3-32H,1-2H3. The van der Waals surface area contributed by atoms with Crippen LogP contribution in [0, 0.1) is 0 Å². The number of ether oxygens (including phenoxy) is 2. The van der Waals surface area contributed by atoms with Gasteiger partial charge in [0.25, 0.3) is 11.1 Å². The molecular weight excluding hydrogens is 717 g/mol. The van der Waals surface area contributed by atoms with Gasteiger partial charge in [-0.25, -0.2) is 0 Å². The van der Waals surface area contributed by atoms with Crippen LogP contribution in [0.2, 0.25) is 0 Å². The molecular formula is C52H36N2O4. The van der Waals surface area contributed by atoms with E-state index in [9.17, 15) is 9.59 Å². The molecule has 10 rings (SSSR count). The van der Waals surface area contributed by atoms with Crippen LogP contribution < -0.4 is 20.6 Å². The molecule has 0 atom stereocenters. The Hall–Kier alpha value is -7.70. The van der Waals surface area contributed by atoms with E-state index >= 15 is 0 Å². The SMILES string of the molecule is COc1ccc2c(c1)c(=O)n(-c1ccccc1)c1ccc(-c3ccc(-c4ccc(-c5ccc6c(c5)c5ccc(OC)cc5c(=O)n6-c5ccccc5)cc4)cc3)cc21. The van der Waals surface area contributed by atoms with Crippen molar-refractivity contribution < 1.29 is 9.47 Å². The molecule has 0 radical (unpaired) electrons. The number of rotatable bonds is 7. The summed E-state index contributed by atoms with van der Waals surface area (Å²) in [6.45, 7) is 0. The Kier molecular flexibility index (Phi) is 8.45. The molecule has 6 heteroatoms. The topological polar surface area (TPSA) is 62.5 Å². The molecule has 2 aromatic heterocycles. The lowest BCUT2D eigenvalue weighted by molar-refractivity contribution is 0.415. The van der Waals surface area contributed by atoms with Gasteiger partial charge in [0.15, 0.2) is 0 Å². The molecule has 278 valence electrons. The second-order valence-electron chi connectivity index (χ2n) is 14.4. The Morgan fingerprint density at radius 2 is 0.672 bits per heavy atom. The molecule has 0 fully saturated rings. The maximum absolute atomic E-state index is 13.9. The molecule has 6 nitrogen and oxygen atoms in total. The van der Waals surface area contributed by atoms with Crippen LogP contribution in [0.25, 0.3) is 88.1 Å². The number of aromatic nitrogens is 2. The number of hydrogen-bond donors (Lipinski definition) is 0. The number of benzene rings is 8. The summed E-state index contributed by atoms with van der Waals surface area (Å²) in [5.74, 6) is 1.29. The van der Waals surface area contributed by atoms with Crippen molar-refractivity contribution in [2.75, 3.05) is 14.2 Å². The summed E-state index contributed by atoms with van der Waals surface area (Å²) in [6.07, 6.45) is 0. The molecule has 0 spiro atoms. The Morgan fingerprint density at radius 1 is 0.328 bits per heavy atom. The molecule has 0 N–H and O–H groups in total. The first kappa shape index (κ1) is 34.8. The highest BCUT2D eigenvalue weighted by molar-refractivity contribution is 6.09. The second-order valence-corrected chi connectivity index (χ2v) is 14.4. The Morgan fingerprint density at radius 3 is 1.03 bits per heavy atom. The van der Waals surface area contributed by atoms with Crippen LogP contribution in [-0.2, 0) is 0 Å². The van der Waals surface area contributed by atoms with Gasteiger partial charge in [0.05, 0.1) is 36.0 Å². The van der Waals surface area contributed by atoms with Crippen molar-refractivity contribution in [3.8, 4) is 56.3 Å². The van der Waals surface area contributed by atoms with Crippen LogP contribution in [0.3, 0.4) is 0 Å². The highest BCUT2D eigenvalue weighted by Crippen LogP contribution is 2.35. The minimum atomic E-state index is -0.0834. The molecule has 58 heavy (non-hydrogen) atoms. The van der Waals surface area contributed by atoms with Crippen molar-refractivity contribution in [3.05, 3.63) is 203 Å². The first-order valence-electron chi connectivity index (χ1n) is 19.1. The van der Waals surface area contributed by atoms with E-state index in [-0.39, 0.29) is 11.1 Å². The van der Waals surface area contributed by atoms with E-state index in [4.69, 9.17) is 9.47 Å². The smallest absolute Gasteiger partial charge is 0.263 e. The summed E-state index contributed by atoms with van der Waals surface area (Å²) in [6, 6.07) is 60.8. The molecule has 0 aliphatic heterocycles. The summed E-state index contributed by atoms with van der Waals surface area (Å²) in [4.78, 5) is 27.8. The Labute approximate surface area is 334 Å². The van der Waals surface area contributed by atoms with Gasteiger partial charge in [0.1, 0.15) is 11.5 Å². The zero-order chi connectivity index (χ0) is 39.3. The molecule has 0 aliphatic carbocycles. The zero-order valence-corrected chi connectivity index (χ0v) is 31.8. The lowest BCUT2D eigenvalue weighted by Crippen LogP contribution is -2.19. The zero-order valence-electron chi connectivity index (χ0n) is 31.8. The van der Waals surface area contributed by atoms with Gasteiger partial charge in [-0.2, -0.15) is 0 Å². The fourth-order valence-corrected chi connectivity index (χ4v) is 8.21. The van der Waals surface area contributed by atoms with Crippen LogP contribution in [0.4, 0.5) is 0 Å². The van der Waals surface area contributed by atoms with Gasteiger partial charge in [-0.3, -0.25) is 18.7 Å². The third-order valence-corrected chi connectivity index (χ3v) is 11.2. The van der Waals surface area contributed by atoms with Crippen molar-refractivity contribution >= 4 is 43.4 Å². The highest BCUT2D eigenvalue weighted by Gasteiger charge is 2.16. The second kappa shape index (κ2) is 14.1. The van der Waals surface area contributed by atoms with E-state index in [1.807, 2.05) is 109 Å². The normalized spacial score (nSPS) is 11.4. The highest BCUT2D eigenvalue weighted by atomic mass is 16.5. The van der Waals surface area contributed by atoms with Gasteiger partial charge in [0, 0.05) is 22.1 Å².